The molecule has 1 aromatic rings. The molecule has 0 aromatic heterocycles. The second kappa shape index (κ2) is 5.46. The Kier molecular flexibility index (Phi) is 4.22. The lowest BCUT2D eigenvalue weighted by Gasteiger charge is -2.03. The second-order valence-corrected chi connectivity index (χ2v) is 4.80. The molecular weight excluding hydrogens is 260 g/mol. The van der Waals surface area contributed by atoms with Crippen LogP contribution in [0.25, 0.3) is 0 Å². The van der Waals surface area contributed by atoms with Gasteiger partial charge in [-0.15, -0.1) is 0 Å². The summed E-state index contributed by atoms with van der Waals surface area (Å²) in [6.45, 7) is 3.23. The molecule has 0 unspecified atom stereocenters. The molecule has 0 saturated heterocycles. The molecule has 0 saturated carbocycles. The van der Waals surface area contributed by atoms with Crippen molar-refractivity contribution in [2.24, 2.45) is 0 Å². The highest BCUT2D eigenvalue weighted by atomic mass is 32.2. The molecule has 1 rings (SSSR count). The number of carbonyl (C=O) groups is 2. The molecule has 0 amide bonds. The number of hydrogen-bond acceptors (Lipinski definition) is 6. The lowest BCUT2D eigenvalue weighted by molar-refractivity contribution is -0.128. The second-order valence-electron chi connectivity index (χ2n) is 3.22. The van der Waals surface area contributed by atoms with E-state index in [-0.39, 0.29) is 11.3 Å². The van der Waals surface area contributed by atoms with E-state index in [1.54, 1.807) is 0 Å². The number of carbonyl (C=O) groups excluding carboxylic acids is 2. The lowest BCUT2D eigenvalue weighted by atomic mass is 10.2. The Morgan fingerprint density at radius 3 is 2.22 bits per heavy atom. The van der Waals surface area contributed by atoms with E-state index in [1.807, 2.05) is 0 Å². The van der Waals surface area contributed by atoms with Crippen molar-refractivity contribution in [3.05, 3.63) is 42.5 Å². The molecule has 0 atom stereocenters. The topological polar surface area (TPSA) is 86.7 Å². The first-order valence-electron chi connectivity index (χ1n) is 4.70. The first-order valence-corrected chi connectivity index (χ1v) is 6.51. The maximum Gasteiger partial charge on any atom is 0.353 e. The Labute approximate surface area is 104 Å². The van der Waals surface area contributed by atoms with Crippen molar-refractivity contribution in [3.63, 3.8) is 0 Å². The summed E-state index contributed by atoms with van der Waals surface area (Å²) in [6.07, 6.45) is 1.76. The number of rotatable bonds is 4. The molecule has 6 nitrogen and oxygen atoms in total. The van der Waals surface area contributed by atoms with Gasteiger partial charge in [-0.25, -0.2) is 9.59 Å². The zero-order valence-corrected chi connectivity index (χ0v) is 10.3. The fourth-order valence-corrected chi connectivity index (χ4v) is 1.37. The smallest absolute Gasteiger partial charge is 0.353 e. The van der Waals surface area contributed by atoms with Crippen molar-refractivity contribution in [2.45, 2.75) is 0 Å². The third-order valence-electron chi connectivity index (χ3n) is 1.70. The molecule has 1 aromatic carbocycles. The number of ether oxygens (including phenoxy) is 1. The minimum Gasteiger partial charge on any atom is -0.423 e. The Balaban J connectivity index is 2.80. The SMILES string of the molecule is C=CC(=O)Oc1ccc(C(=O)OS(C)(=O)=O)cc1. The average molecular weight is 270 g/mol. The van der Waals surface area contributed by atoms with Crippen molar-refractivity contribution < 1.29 is 26.9 Å². The summed E-state index contributed by atoms with van der Waals surface area (Å²) in [4.78, 5) is 22.2. The van der Waals surface area contributed by atoms with Gasteiger partial charge in [0.15, 0.2) is 0 Å². The molecule has 0 fully saturated rings. The van der Waals surface area contributed by atoms with Gasteiger partial charge in [0, 0.05) is 6.08 Å². The fourth-order valence-electron chi connectivity index (χ4n) is 1.00. The van der Waals surface area contributed by atoms with Crippen LogP contribution >= 0.6 is 0 Å². The van der Waals surface area contributed by atoms with Gasteiger partial charge in [0.1, 0.15) is 5.75 Å². The van der Waals surface area contributed by atoms with Crippen LogP contribution in [0, 0.1) is 0 Å². The van der Waals surface area contributed by atoms with Gasteiger partial charge in [0.25, 0.3) is 0 Å². The predicted octanol–water partition coefficient (Wildman–Crippen LogP) is 0.894. The molecule has 0 aliphatic heterocycles. The molecule has 0 aliphatic carbocycles. The Morgan fingerprint density at radius 1 is 1.22 bits per heavy atom. The molecule has 0 bridgehead atoms. The van der Waals surface area contributed by atoms with E-state index >= 15 is 0 Å². The molecule has 7 heteroatoms. The fraction of sp³-hybridized carbons (Fsp3) is 0.0909. The summed E-state index contributed by atoms with van der Waals surface area (Å²) in [5, 5.41) is 0. The van der Waals surface area contributed by atoms with Gasteiger partial charge in [-0.05, 0) is 24.3 Å². The number of esters is 1. The Hall–Kier alpha value is -2.15. The molecule has 0 radical (unpaired) electrons. The molecule has 0 N–H and O–H groups in total. The van der Waals surface area contributed by atoms with E-state index in [2.05, 4.69) is 10.8 Å². The molecular formula is C11H10O6S. The normalized spacial score (nSPS) is 10.5. The van der Waals surface area contributed by atoms with Crippen LogP contribution in [-0.4, -0.2) is 26.6 Å². The maximum absolute atomic E-state index is 11.3. The number of hydrogen-bond donors (Lipinski definition) is 0. The highest BCUT2D eigenvalue weighted by Gasteiger charge is 2.13. The van der Waals surface area contributed by atoms with Crippen LogP contribution in [0.5, 0.6) is 5.75 Å². The molecule has 0 spiro atoms. The van der Waals surface area contributed by atoms with Crippen molar-refractivity contribution in [1.29, 1.82) is 0 Å². The van der Waals surface area contributed by atoms with Gasteiger partial charge in [0.05, 0.1) is 11.8 Å². The van der Waals surface area contributed by atoms with Crippen molar-refractivity contribution in [2.75, 3.05) is 6.26 Å². The van der Waals surface area contributed by atoms with E-state index < -0.39 is 22.1 Å². The van der Waals surface area contributed by atoms with Gasteiger partial charge in [-0.2, -0.15) is 8.42 Å². The van der Waals surface area contributed by atoms with Crippen LogP contribution in [0.2, 0.25) is 0 Å². The van der Waals surface area contributed by atoms with Crippen LogP contribution in [0.15, 0.2) is 36.9 Å². The van der Waals surface area contributed by atoms with Gasteiger partial charge in [0.2, 0.25) is 0 Å². The van der Waals surface area contributed by atoms with Crippen molar-refractivity contribution in [3.8, 4) is 5.75 Å². The van der Waals surface area contributed by atoms with E-state index in [1.165, 1.54) is 24.3 Å². The standard InChI is InChI=1S/C11H10O6S/c1-3-10(12)16-9-6-4-8(5-7-9)11(13)17-18(2,14)15/h3-7H,1H2,2H3. The Bertz CT molecular complexity index is 570. The minimum atomic E-state index is -3.85. The summed E-state index contributed by atoms with van der Waals surface area (Å²) >= 11 is 0. The third-order valence-corrected chi connectivity index (χ3v) is 2.16. The van der Waals surface area contributed by atoms with Crippen LogP contribution in [0.1, 0.15) is 10.4 Å². The molecule has 0 heterocycles. The minimum absolute atomic E-state index is 0.0267. The van der Waals surface area contributed by atoms with Gasteiger partial charge in [-0.3, -0.25) is 0 Å². The Morgan fingerprint density at radius 2 is 1.78 bits per heavy atom. The van der Waals surface area contributed by atoms with Crippen LogP contribution in [-0.2, 0) is 19.1 Å². The monoisotopic (exact) mass is 270 g/mol. The van der Waals surface area contributed by atoms with E-state index in [0.717, 1.165) is 12.3 Å². The summed E-state index contributed by atoms with van der Waals surface area (Å²) in [6, 6.07) is 5.22. The van der Waals surface area contributed by atoms with Crippen molar-refractivity contribution >= 4 is 22.1 Å². The summed E-state index contributed by atoms with van der Waals surface area (Å²) < 4.78 is 30.4. The first-order chi connectivity index (χ1) is 8.31. The van der Waals surface area contributed by atoms with E-state index in [0.29, 0.717) is 0 Å². The zero-order chi connectivity index (χ0) is 13.8. The highest BCUT2D eigenvalue weighted by molar-refractivity contribution is 7.86. The average Bonchev–Trinajstić information content (AvgIpc) is 2.27. The lowest BCUT2D eigenvalue weighted by Crippen LogP contribution is -2.11. The molecule has 18 heavy (non-hydrogen) atoms. The largest absolute Gasteiger partial charge is 0.423 e. The quantitative estimate of drug-likeness (QED) is 0.349. The van der Waals surface area contributed by atoms with Crippen molar-refractivity contribution in [1.82, 2.24) is 0 Å². The maximum atomic E-state index is 11.3. The first kappa shape index (κ1) is 13.9. The van der Waals surface area contributed by atoms with Crippen LogP contribution < -0.4 is 4.74 Å². The summed E-state index contributed by atoms with van der Waals surface area (Å²) in [5.41, 5.74) is 0.0267. The third kappa shape index (κ3) is 4.38. The van der Waals surface area contributed by atoms with Gasteiger partial charge in [-0.1, -0.05) is 6.58 Å². The van der Waals surface area contributed by atoms with Gasteiger partial charge >= 0.3 is 22.1 Å². The molecule has 0 aliphatic rings. The highest BCUT2D eigenvalue weighted by Crippen LogP contribution is 2.13. The van der Waals surface area contributed by atoms with E-state index in [9.17, 15) is 18.0 Å². The predicted molar refractivity (Wildman–Crippen MR) is 62.5 cm³/mol. The summed E-state index contributed by atoms with van der Waals surface area (Å²) in [7, 11) is -3.85. The van der Waals surface area contributed by atoms with E-state index in [4.69, 9.17) is 4.74 Å². The van der Waals surface area contributed by atoms with Crippen LogP contribution in [0.3, 0.4) is 0 Å². The number of benzene rings is 1. The molecule has 96 valence electrons. The van der Waals surface area contributed by atoms with Gasteiger partial charge < -0.3 is 8.92 Å². The zero-order valence-electron chi connectivity index (χ0n) is 9.45. The van der Waals surface area contributed by atoms with Crippen LogP contribution in [0.4, 0.5) is 0 Å². The summed E-state index contributed by atoms with van der Waals surface area (Å²) in [5.74, 6) is -1.43.